The summed E-state index contributed by atoms with van der Waals surface area (Å²) in [5.74, 6) is 0.498. The summed E-state index contributed by atoms with van der Waals surface area (Å²) in [4.78, 5) is 16.0. The van der Waals surface area contributed by atoms with Crippen molar-refractivity contribution >= 4 is 11.4 Å². The van der Waals surface area contributed by atoms with Crippen LogP contribution in [0.1, 0.15) is 43.5 Å². The van der Waals surface area contributed by atoms with E-state index in [2.05, 4.69) is 36.1 Å². The minimum absolute atomic E-state index is 0.377. The van der Waals surface area contributed by atoms with Crippen LogP contribution in [0.5, 0.6) is 0 Å². The van der Waals surface area contributed by atoms with E-state index in [1.54, 1.807) is 6.92 Å². The number of benzene rings is 1. The third-order valence-corrected chi connectivity index (χ3v) is 3.09. The van der Waals surface area contributed by atoms with E-state index in [4.69, 9.17) is 4.52 Å². The van der Waals surface area contributed by atoms with Gasteiger partial charge in [-0.15, -0.1) is 0 Å². The summed E-state index contributed by atoms with van der Waals surface area (Å²) >= 11 is 0. The maximum Gasteiger partial charge on any atom is 0.366 e. The quantitative estimate of drug-likeness (QED) is 0.856. The number of nitrogens with zero attached hydrogens (tertiary/aromatic N) is 1. The molecule has 0 atom stereocenters. The van der Waals surface area contributed by atoms with Crippen LogP contribution < -0.4 is 5.63 Å². The first kappa shape index (κ1) is 13.3. The Labute approximate surface area is 112 Å². The van der Waals surface area contributed by atoms with Crippen molar-refractivity contribution in [2.75, 3.05) is 0 Å². The second kappa shape index (κ2) is 5.26. The van der Waals surface area contributed by atoms with Crippen molar-refractivity contribution in [1.82, 2.24) is 5.16 Å². The lowest BCUT2D eigenvalue weighted by molar-refractivity contribution is 0.387. The van der Waals surface area contributed by atoms with E-state index in [0.717, 1.165) is 5.69 Å². The molecule has 2 aromatic rings. The predicted octanol–water partition coefficient (Wildman–Crippen LogP) is 3.54. The molecule has 0 spiro atoms. The molecule has 19 heavy (non-hydrogen) atoms. The molecule has 0 fully saturated rings. The summed E-state index contributed by atoms with van der Waals surface area (Å²) < 4.78 is 4.74. The van der Waals surface area contributed by atoms with Gasteiger partial charge in [0.1, 0.15) is 5.56 Å². The van der Waals surface area contributed by atoms with Crippen molar-refractivity contribution in [2.45, 2.75) is 33.6 Å². The third kappa shape index (κ3) is 2.84. The number of hydrogen-bond acceptors (Lipinski definition) is 3. The lowest BCUT2D eigenvalue weighted by Crippen LogP contribution is -2.08. The first-order chi connectivity index (χ1) is 8.99. The van der Waals surface area contributed by atoms with E-state index in [1.807, 2.05) is 19.1 Å². The Morgan fingerprint density at radius 1 is 1.26 bits per heavy atom. The van der Waals surface area contributed by atoms with Crippen LogP contribution in [0.25, 0.3) is 0 Å². The van der Waals surface area contributed by atoms with Gasteiger partial charge in [0, 0.05) is 0 Å². The highest BCUT2D eigenvalue weighted by molar-refractivity contribution is 6.00. The minimum atomic E-state index is -0.377. The Balaban J connectivity index is 2.33. The van der Waals surface area contributed by atoms with Gasteiger partial charge in [0.05, 0.1) is 17.1 Å². The van der Waals surface area contributed by atoms with Gasteiger partial charge in [0.15, 0.2) is 0 Å². The maximum absolute atomic E-state index is 11.5. The fraction of sp³-hybridized carbons (Fsp3) is 0.333. The molecular formula is C15H18N2O2. The number of nitrogens with one attached hydrogen (secondary N) is 1. The molecule has 0 saturated carbocycles. The minimum Gasteiger partial charge on any atom is -0.338 e. The highest BCUT2D eigenvalue weighted by Gasteiger charge is 2.11. The second-order valence-corrected chi connectivity index (χ2v) is 4.94. The summed E-state index contributed by atoms with van der Waals surface area (Å²) in [6.45, 7) is 7.90. The van der Waals surface area contributed by atoms with Crippen LogP contribution in [0, 0.1) is 6.92 Å². The summed E-state index contributed by atoms with van der Waals surface area (Å²) in [5, 5.41) is 2.56. The summed E-state index contributed by atoms with van der Waals surface area (Å²) in [6, 6.07) is 8.04. The van der Waals surface area contributed by atoms with Gasteiger partial charge in [-0.25, -0.2) is 9.95 Å². The lowest BCUT2D eigenvalue weighted by atomic mass is 10.0. The predicted molar refractivity (Wildman–Crippen MR) is 76.5 cm³/mol. The normalized spacial score (nSPS) is 12.2. The van der Waals surface area contributed by atoms with E-state index in [9.17, 15) is 4.79 Å². The van der Waals surface area contributed by atoms with Crippen molar-refractivity contribution in [3.63, 3.8) is 0 Å². The topological polar surface area (TPSA) is 58.4 Å². The van der Waals surface area contributed by atoms with Crippen LogP contribution in [0.2, 0.25) is 0 Å². The lowest BCUT2D eigenvalue weighted by Gasteiger charge is -2.05. The van der Waals surface area contributed by atoms with Crippen LogP contribution in [-0.2, 0) is 0 Å². The van der Waals surface area contributed by atoms with Crippen molar-refractivity contribution in [2.24, 2.45) is 4.99 Å². The van der Waals surface area contributed by atoms with Gasteiger partial charge in [-0.2, -0.15) is 0 Å². The molecule has 0 aliphatic heterocycles. The highest BCUT2D eigenvalue weighted by atomic mass is 16.5. The van der Waals surface area contributed by atoms with Crippen LogP contribution in [0.15, 0.2) is 38.6 Å². The van der Waals surface area contributed by atoms with E-state index in [-0.39, 0.29) is 5.63 Å². The molecule has 0 amide bonds. The van der Waals surface area contributed by atoms with Crippen LogP contribution in [0.4, 0.5) is 5.69 Å². The van der Waals surface area contributed by atoms with E-state index < -0.39 is 0 Å². The molecule has 1 aromatic heterocycles. The molecule has 0 bridgehead atoms. The molecular weight excluding hydrogens is 240 g/mol. The summed E-state index contributed by atoms with van der Waals surface area (Å²) in [5.41, 5.74) is 3.59. The Hall–Kier alpha value is -2.10. The Kier molecular flexibility index (Phi) is 3.69. The molecule has 0 unspecified atom stereocenters. The average Bonchev–Trinajstić information content (AvgIpc) is 2.69. The first-order valence-electron chi connectivity index (χ1n) is 6.32. The fourth-order valence-corrected chi connectivity index (χ4v) is 1.98. The largest absolute Gasteiger partial charge is 0.366 e. The number of hydrogen-bond donors (Lipinski definition) is 1. The van der Waals surface area contributed by atoms with Gasteiger partial charge in [-0.3, -0.25) is 4.99 Å². The van der Waals surface area contributed by atoms with Gasteiger partial charge >= 0.3 is 5.63 Å². The van der Waals surface area contributed by atoms with E-state index in [1.165, 1.54) is 5.56 Å². The standard InChI is InChI=1S/C15H18N2O2/c1-9(2)12-5-7-13(8-6-12)16-10(3)14-11(4)17-19-15(14)18/h5-9,17H,1-4H3. The summed E-state index contributed by atoms with van der Waals surface area (Å²) in [7, 11) is 0. The Bertz CT molecular complexity index is 646. The Morgan fingerprint density at radius 3 is 2.37 bits per heavy atom. The molecule has 4 nitrogen and oxygen atoms in total. The maximum atomic E-state index is 11.5. The van der Waals surface area contributed by atoms with Crippen LogP contribution >= 0.6 is 0 Å². The van der Waals surface area contributed by atoms with Crippen molar-refractivity contribution < 1.29 is 4.52 Å². The molecule has 1 N–H and O–H groups in total. The monoisotopic (exact) mass is 258 g/mol. The van der Waals surface area contributed by atoms with Crippen molar-refractivity contribution in [1.29, 1.82) is 0 Å². The number of aliphatic imine (C=N–C) groups is 1. The van der Waals surface area contributed by atoms with Gasteiger partial charge in [-0.05, 0) is 37.5 Å². The Morgan fingerprint density at radius 2 is 1.89 bits per heavy atom. The molecule has 0 aliphatic carbocycles. The average molecular weight is 258 g/mol. The molecule has 0 aliphatic rings. The van der Waals surface area contributed by atoms with Crippen LogP contribution in [0.3, 0.4) is 0 Å². The SMILES string of the molecule is CC(=Nc1ccc(C(C)C)cc1)c1c(C)[nH]oc1=O. The van der Waals surface area contributed by atoms with E-state index in [0.29, 0.717) is 22.9 Å². The second-order valence-electron chi connectivity index (χ2n) is 4.94. The first-order valence-corrected chi connectivity index (χ1v) is 6.32. The van der Waals surface area contributed by atoms with Gasteiger partial charge in [0.2, 0.25) is 0 Å². The molecule has 1 heterocycles. The van der Waals surface area contributed by atoms with Gasteiger partial charge in [-0.1, -0.05) is 26.0 Å². The van der Waals surface area contributed by atoms with Gasteiger partial charge < -0.3 is 4.52 Å². The molecule has 0 saturated heterocycles. The summed E-state index contributed by atoms with van der Waals surface area (Å²) in [6.07, 6.45) is 0. The third-order valence-electron chi connectivity index (χ3n) is 3.09. The molecule has 2 rings (SSSR count). The fourth-order valence-electron chi connectivity index (χ4n) is 1.98. The molecule has 4 heteroatoms. The zero-order chi connectivity index (χ0) is 14.0. The highest BCUT2D eigenvalue weighted by Crippen LogP contribution is 2.19. The smallest absolute Gasteiger partial charge is 0.338 e. The van der Waals surface area contributed by atoms with Crippen molar-refractivity contribution in [3.05, 3.63) is 51.5 Å². The number of H-pyrrole nitrogens is 1. The number of rotatable bonds is 3. The number of aromatic nitrogens is 1. The molecule has 1 aromatic carbocycles. The zero-order valence-corrected chi connectivity index (χ0v) is 11.7. The number of aromatic amines is 1. The zero-order valence-electron chi connectivity index (χ0n) is 11.7. The number of aryl methyl sites for hydroxylation is 1. The van der Waals surface area contributed by atoms with Crippen LogP contribution in [-0.4, -0.2) is 10.9 Å². The van der Waals surface area contributed by atoms with Gasteiger partial charge in [0.25, 0.3) is 0 Å². The molecule has 0 radical (unpaired) electrons. The van der Waals surface area contributed by atoms with E-state index >= 15 is 0 Å². The van der Waals surface area contributed by atoms with Crippen molar-refractivity contribution in [3.8, 4) is 0 Å². The molecule has 100 valence electrons.